The smallest absolute Gasteiger partial charge is 0.253 e. The standard InChI is InChI=1S/C14H21N3O3S/c1-21(19,20)16-13-3-2-8-17(10-13)14(18)12-6-4-11(9-15)5-7-12/h4-7,13,16H,2-3,8-10,15H2,1H3. The zero-order valence-corrected chi connectivity index (χ0v) is 12.9. The normalized spacial score (nSPS) is 19.5. The second-order valence-corrected chi connectivity index (χ2v) is 7.16. The third kappa shape index (κ3) is 4.52. The lowest BCUT2D eigenvalue weighted by Crippen LogP contribution is -2.49. The van der Waals surface area contributed by atoms with Gasteiger partial charge < -0.3 is 10.6 Å². The summed E-state index contributed by atoms with van der Waals surface area (Å²) >= 11 is 0. The topological polar surface area (TPSA) is 92.5 Å². The molecule has 21 heavy (non-hydrogen) atoms. The van der Waals surface area contributed by atoms with E-state index in [1.165, 1.54) is 0 Å². The van der Waals surface area contributed by atoms with Crippen molar-refractivity contribution < 1.29 is 13.2 Å². The first-order chi connectivity index (χ1) is 9.89. The van der Waals surface area contributed by atoms with Gasteiger partial charge in [-0.15, -0.1) is 0 Å². The Bertz CT molecular complexity index is 598. The first-order valence-electron chi connectivity index (χ1n) is 6.94. The average Bonchev–Trinajstić information content (AvgIpc) is 2.45. The maximum Gasteiger partial charge on any atom is 0.253 e. The molecule has 6 nitrogen and oxygen atoms in total. The summed E-state index contributed by atoms with van der Waals surface area (Å²) in [5.74, 6) is -0.0708. The molecule has 1 fully saturated rings. The number of hydrogen-bond acceptors (Lipinski definition) is 4. The van der Waals surface area contributed by atoms with E-state index < -0.39 is 10.0 Å². The molecule has 0 aromatic heterocycles. The minimum atomic E-state index is -3.25. The van der Waals surface area contributed by atoms with Crippen LogP contribution in [0.4, 0.5) is 0 Å². The summed E-state index contributed by atoms with van der Waals surface area (Å²) in [6, 6.07) is 6.99. The molecular formula is C14H21N3O3S. The van der Waals surface area contributed by atoms with Gasteiger partial charge in [-0.2, -0.15) is 0 Å². The van der Waals surface area contributed by atoms with Crippen molar-refractivity contribution in [2.45, 2.75) is 25.4 Å². The number of amides is 1. The third-order valence-electron chi connectivity index (χ3n) is 3.53. The van der Waals surface area contributed by atoms with Gasteiger partial charge in [0.15, 0.2) is 0 Å². The largest absolute Gasteiger partial charge is 0.337 e. The number of nitrogens with zero attached hydrogens (tertiary/aromatic N) is 1. The number of hydrogen-bond donors (Lipinski definition) is 2. The number of piperidine rings is 1. The number of carbonyl (C=O) groups is 1. The van der Waals surface area contributed by atoms with Crippen molar-refractivity contribution in [2.24, 2.45) is 5.73 Å². The van der Waals surface area contributed by atoms with E-state index in [9.17, 15) is 13.2 Å². The third-order valence-corrected chi connectivity index (χ3v) is 4.29. The van der Waals surface area contributed by atoms with Gasteiger partial charge in [0.25, 0.3) is 5.91 Å². The van der Waals surface area contributed by atoms with Crippen LogP contribution in [0, 0.1) is 0 Å². The minimum absolute atomic E-state index is 0.0708. The average molecular weight is 311 g/mol. The van der Waals surface area contributed by atoms with E-state index in [4.69, 9.17) is 5.73 Å². The minimum Gasteiger partial charge on any atom is -0.337 e. The fraction of sp³-hybridized carbons (Fsp3) is 0.500. The van der Waals surface area contributed by atoms with E-state index in [2.05, 4.69) is 4.72 Å². The molecule has 0 aliphatic carbocycles. The van der Waals surface area contributed by atoms with E-state index >= 15 is 0 Å². The van der Waals surface area contributed by atoms with Crippen LogP contribution in [0.3, 0.4) is 0 Å². The highest BCUT2D eigenvalue weighted by molar-refractivity contribution is 7.88. The van der Waals surface area contributed by atoms with Crippen LogP contribution in [0.2, 0.25) is 0 Å². The van der Waals surface area contributed by atoms with Gasteiger partial charge in [0, 0.05) is 31.2 Å². The summed E-state index contributed by atoms with van der Waals surface area (Å²) in [5, 5.41) is 0. The molecule has 2 rings (SSSR count). The zero-order chi connectivity index (χ0) is 15.5. The number of rotatable bonds is 4. The SMILES string of the molecule is CS(=O)(=O)NC1CCCN(C(=O)c2ccc(CN)cc2)C1. The number of benzene rings is 1. The molecule has 116 valence electrons. The molecule has 0 spiro atoms. The van der Waals surface area contributed by atoms with Gasteiger partial charge >= 0.3 is 0 Å². The Hall–Kier alpha value is -1.44. The summed E-state index contributed by atoms with van der Waals surface area (Å²) in [7, 11) is -3.25. The van der Waals surface area contributed by atoms with E-state index in [0.29, 0.717) is 25.2 Å². The molecule has 0 bridgehead atoms. The van der Waals surface area contributed by atoms with Crippen LogP contribution >= 0.6 is 0 Å². The number of likely N-dealkylation sites (tertiary alicyclic amines) is 1. The highest BCUT2D eigenvalue weighted by atomic mass is 32.2. The Morgan fingerprint density at radius 3 is 2.62 bits per heavy atom. The van der Waals surface area contributed by atoms with Crippen LogP contribution in [-0.4, -0.2) is 44.6 Å². The number of nitrogens with two attached hydrogens (primary N) is 1. The van der Waals surface area contributed by atoms with Gasteiger partial charge in [-0.05, 0) is 30.5 Å². The molecule has 7 heteroatoms. The maximum atomic E-state index is 12.4. The Morgan fingerprint density at radius 2 is 2.05 bits per heavy atom. The lowest BCUT2D eigenvalue weighted by molar-refractivity contribution is 0.0703. The first kappa shape index (κ1) is 15.9. The van der Waals surface area contributed by atoms with Gasteiger partial charge in [0.1, 0.15) is 0 Å². The van der Waals surface area contributed by atoms with Gasteiger partial charge in [0.05, 0.1) is 6.26 Å². The second-order valence-electron chi connectivity index (χ2n) is 5.38. The van der Waals surface area contributed by atoms with Gasteiger partial charge in [-0.1, -0.05) is 12.1 Å². The molecule has 1 heterocycles. The van der Waals surface area contributed by atoms with Crippen molar-refractivity contribution in [1.82, 2.24) is 9.62 Å². The van der Waals surface area contributed by atoms with Crippen LogP contribution < -0.4 is 10.5 Å². The fourth-order valence-corrected chi connectivity index (χ4v) is 3.32. The molecule has 1 aromatic rings. The predicted octanol–water partition coefficient (Wildman–Crippen LogP) is 0.299. The highest BCUT2D eigenvalue weighted by Crippen LogP contribution is 2.15. The molecule has 1 unspecified atom stereocenters. The highest BCUT2D eigenvalue weighted by Gasteiger charge is 2.26. The number of carbonyl (C=O) groups excluding carboxylic acids is 1. The van der Waals surface area contributed by atoms with Crippen molar-refractivity contribution in [3.8, 4) is 0 Å². The molecule has 1 amide bonds. The van der Waals surface area contributed by atoms with Gasteiger partial charge in [-0.3, -0.25) is 4.79 Å². The maximum absolute atomic E-state index is 12.4. The summed E-state index contributed by atoms with van der Waals surface area (Å²) < 4.78 is 25.2. The summed E-state index contributed by atoms with van der Waals surface area (Å²) in [5.41, 5.74) is 7.11. The van der Waals surface area contributed by atoms with E-state index in [1.54, 1.807) is 17.0 Å². The van der Waals surface area contributed by atoms with Crippen molar-refractivity contribution in [3.63, 3.8) is 0 Å². The van der Waals surface area contributed by atoms with E-state index in [0.717, 1.165) is 24.7 Å². The Kier molecular flexibility index (Phi) is 4.97. The predicted molar refractivity (Wildman–Crippen MR) is 81.2 cm³/mol. The molecule has 1 atom stereocenters. The monoisotopic (exact) mass is 311 g/mol. The van der Waals surface area contributed by atoms with E-state index in [1.807, 2.05) is 12.1 Å². The fourth-order valence-electron chi connectivity index (χ4n) is 2.53. The van der Waals surface area contributed by atoms with Crippen molar-refractivity contribution in [1.29, 1.82) is 0 Å². The van der Waals surface area contributed by atoms with Crippen LogP contribution in [0.25, 0.3) is 0 Å². The summed E-state index contributed by atoms with van der Waals surface area (Å²) in [4.78, 5) is 14.1. The molecular weight excluding hydrogens is 290 g/mol. The van der Waals surface area contributed by atoms with Crippen molar-refractivity contribution in [2.75, 3.05) is 19.3 Å². The van der Waals surface area contributed by atoms with Crippen LogP contribution in [0.1, 0.15) is 28.8 Å². The molecule has 0 radical (unpaired) electrons. The Labute approximate surface area is 125 Å². The second kappa shape index (κ2) is 6.55. The molecule has 1 aliphatic heterocycles. The number of nitrogens with one attached hydrogen (secondary N) is 1. The van der Waals surface area contributed by atoms with Crippen LogP contribution in [0.5, 0.6) is 0 Å². The molecule has 1 aromatic carbocycles. The van der Waals surface area contributed by atoms with Crippen molar-refractivity contribution in [3.05, 3.63) is 35.4 Å². The van der Waals surface area contributed by atoms with Gasteiger partial charge in [0.2, 0.25) is 10.0 Å². The Morgan fingerprint density at radius 1 is 1.38 bits per heavy atom. The lowest BCUT2D eigenvalue weighted by Gasteiger charge is -2.32. The van der Waals surface area contributed by atoms with Crippen molar-refractivity contribution >= 4 is 15.9 Å². The van der Waals surface area contributed by atoms with Crippen LogP contribution in [-0.2, 0) is 16.6 Å². The molecule has 1 saturated heterocycles. The Balaban J connectivity index is 2.04. The lowest BCUT2D eigenvalue weighted by atomic mass is 10.0. The summed E-state index contributed by atoms with van der Waals surface area (Å²) in [6.07, 6.45) is 2.68. The first-order valence-corrected chi connectivity index (χ1v) is 8.84. The van der Waals surface area contributed by atoms with Crippen LogP contribution in [0.15, 0.2) is 24.3 Å². The molecule has 0 saturated carbocycles. The van der Waals surface area contributed by atoms with Gasteiger partial charge in [-0.25, -0.2) is 13.1 Å². The van der Waals surface area contributed by atoms with E-state index in [-0.39, 0.29) is 11.9 Å². The zero-order valence-electron chi connectivity index (χ0n) is 12.1. The quantitative estimate of drug-likeness (QED) is 0.836. The number of sulfonamides is 1. The molecule has 1 aliphatic rings. The summed E-state index contributed by atoms with van der Waals surface area (Å²) in [6.45, 7) is 1.50. The molecule has 3 N–H and O–H groups in total.